The van der Waals surface area contributed by atoms with Gasteiger partial charge in [-0.1, -0.05) is 37.5 Å². The highest BCUT2D eigenvalue weighted by Gasteiger charge is 2.23. The van der Waals surface area contributed by atoms with Gasteiger partial charge in [0.25, 0.3) is 0 Å². The van der Waals surface area contributed by atoms with Crippen LogP contribution < -0.4 is 10.1 Å². The Morgan fingerprint density at radius 1 is 1.26 bits per heavy atom. The largest absolute Gasteiger partial charge is 0.496 e. The number of nitrogens with one attached hydrogen (secondary N) is 1. The molecule has 1 N–H and O–H groups in total. The fraction of sp³-hybridized carbons (Fsp3) is 0.562. The second-order valence-electron chi connectivity index (χ2n) is 5.17. The van der Waals surface area contributed by atoms with Crippen molar-refractivity contribution < 1.29 is 4.74 Å². The van der Waals surface area contributed by atoms with Crippen molar-refractivity contribution in [2.75, 3.05) is 7.11 Å². The van der Waals surface area contributed by atoms with Gasteiger partial charge in [0.05, 0.1) is 19.1 Å². The van der Waals surface area contributed by atoms with E-state index in [0.717, 1.165) is 30.7 Å². The number of hydrogen-bond acceptors (Lipinski definition) is 3. The molecule has 1 aromatic carbocycles. The average molecular weight is 258 g/mol. The van der Waals surface area contributed by atoms with Gasteiger partial charge in [-0.15, -0.1) is 0 Å². The zero-order chi connectivity index (χ0) is 13.5. The molecule has 0 bridgehead atoms. The predicted octanol–water partition coefficient (Wildman–Crippen LogP) is 3.26. The molecule has 0 aliphatic heterocycles. The number of nitriles is 1. The molecule has 1 saturated carbocycles. The van der Waals surface area contributed by atoms with Crippen molar-refractivity contribution in [2.45, 2.75) is 44.7 Å². The molecule has 2 atom stereocenters. The topological polar surface area (TPSA) is 45.0 Å². The number of ether oxygens (including phenoxy) is 1. The molecule has 0 heterocycles. The molecule has 0 saturated heterocycles. The zero-order valence-electron chi connectivity index (χ0n) is 11.6. The van der Waals surface area contributed by atoms with Gasteiger partial charge in [-0.25, -0.2) is 0 Å². The van der Waals surface area contributed by atoms with Crippen LogP contribution in [0, 0.1) is 17.2 Å². The number of methoxy groups -OCH3 is 1. The van der Waals surface area contributed by atoms with Crippen LogP contribution in [0.4, 0.5) is 0 Å². The van der Waals surface area contributed by atoms with E-state index in [2.05, 4.69) is 17.5 Å². The minimum absolute atomic E-state index is 0.150. The van der Waals surface area contributed by atoms with Crippen LogP contribution in [0.1, 0.15) is 37.7 Å². The maximum atomic E-state index is 9.27. The van der Waals surface area contributed by atoms with E-state index >= 15 is 0 Å². The van der Waals surface area contributed by atoms with Crippen molar-refractivity contribution >= 4 is 0 Å². The van der Waals surface area contributed by atoms with Crippen molar-refractivity contribution in [3.63, 3.8) is 0 Å². The average Bonchev–Trinajstić information content (AvgIpc) is 2.70. The third-order valence-electron chi connectivity index (χ3n) is 3.93. The quantitative estimate of drug-likeness (QED) is 0.843. The number of hydrogen-bond donors (Lipinski definition) is 1. The fourth-order valence-electron chi connectivity index (χ4n) is 2.80. The van der Waals surface area contributed by atoms with Gasteiger partial charge < -0.3 is 10.1 Å². The summed E-state index contributed by atoms with van der Waals surface area (Å²) in [7, 11) is 1.70. The Morgan fingerprint density at radius 3 is 2.84 bits per heavy atom. The van der Waals surface area contributed by atoms with Gasteiger partial charge in [0, 0.05) is 18.2 Å². The minimum atomic E-state index is 0.150. The highest BCUT2D eigenvalue weighted by Crippen LogP contribution is 2.24. The molecule has 0 amide bonds. The molecule has 0 radical (unpaired) electrons. The molecule has 1 aliphatic rings. The van der Waals surface area contributed by atoms with E-state index < -0.39 is 0 Å². The molecular formula is C16H22N2O. The molecule has 3 nitrogen and oxygen atoms in total. The Bertz CT molecular complexity index is 439. The Kier molecular flexibility index (Phi) is 5.23. The number of para-hydroxylation sites is 1. The van der Waals surface area contributed by atoms with Gasteiger partial charge in [0.1, 0.15) is 5.75 Å². The lowest BCUT2D eigenvalue weighted by Crippen LogP contribution is -2.34. The molecule has 1 aliphatic carbocycles. The second-order valence-corrected chi connectivity index (χ2v) is 5.17. The first-order valence-corrected chi connectivity index (χ1v) is 7.10. The van der Waals surface area contributed by atoms with Crippen molar-refractivity contribution in [1.82, 2.24) is 5.32 Å². The Hall–Kier alpha value is -1.53. The Morgan fingerprint density at radius 2 is 2.05 bits per heavy atom. The van der Waals surface area contributed by atoms with Gasteiger partial charge in [0.2, 0.25) is 0 Å². The summed E-state index contributed by atoms with van der Waals surface area (Å²) >= 11 is 0. The SMILES string of the molecule is COc1ccccc1CNC1CCCCCC1C#N. The Balaban J connectivity index is 1.98. The van der Waals surface area contributed by atoms with Crippen LogP contribution in [0.15, 0.2) is 24.3 Å². The van der Waals surface area contributed by atoms with E-state index in [1.54, 1.807) is 7.11 Å². The van der Waals surface area contributed by atoms with E-state index in [9.17, 15) is 5.26 Å². The molecule has 19 heavy (non-hydrogen) atoms. The highest BCUT2D eigenvalue weighted by atomic mass is 16.5. The first-order chi connectivity index (χ1) is 9.35. The van der Waals surface area contributed by atoms with Gasteiger partial charge in [0.15, 0.2) is 0 Å². The van der Waals surface area contributed by atoms with E-state index in [1.807, 2.05) is 18.2 Å². The van der Waals surface area contributed by atoms with Crippen LogP contribution >= 0.6 is 0 Å². The van der Waals surface area contributed by atoms with E-state index in [0.29, 0.717) is 6.04 Å². The minimum Gasteiger partial charge on any atom is -0.496 e. The van der Waals surface area contributed by atoms with Gasteiger partial charge in [-0.05, 0) is 18.9 Å². The van der Waals surface area contributed by atoms with E-state index in [1.165, 1.54) is 19.3 Å². The molecule has 102 valence electrons. The monoisotopic (exact) mass is 258 g/mol. The van der Waals surface area contributed by atoms with Crippen LogP contribution in [0.3, 0.4) is 0 Å². The highest BCUT2D eigenvalue weighted by molar-refractivity contribution is 5.33. The number of rotatable bonds is 4. The van der Waals surface area contributed by atoms with Crippen molar-refractivity contribution in [3.8, 4) is 11.8 Å². The maximum absolute atomic E-state index is 9.27. The molecule has 2 rings (SSSR count). The molecule has 0 spiro atoms. The van der Waals surface area contributed by atoms with Gasteiger partial charge in [-0.3, -0.25) is 0 Å². The van der Waals surface area contributed by atoms with Gasteiger partial charge >= 0.3 is 0 Å². The molecule has 1 fully saturated rings. The first-order valence-electron chi connectivity index (χ1n) is 7.10. The smallest absolute Gasteiger partial charge is 0.123 e. The zero-order valence-corrected chi connectivity index (χ0v) is 11.6. The molecule has 3 heteroatoms. The lowest BCUT2D eigenvalue weighted by Gasteiger charge is -2.21. The third-order valence-corrected chi connectivity index (χ3v) is 3.93. The summed E-state index contributed by atoms with van der Waals surface area (Å²) in [5.41, 5.74) is 1.16. The van der Waals surface area contributed by atoms with Crippen LogP contribution in [0.2, 0.25) is 0 Å². The normalized spacial score (nSPS) is 23.4. The van der Waals surface area contributed by atoms with Crippen molar-refractivity contribution in [1.29, 1.82) is 5.26 Å². The Labute approximate surface area is 115 Å². The number of nitrogens with zero attached hydrogens (tertiary/aromatic N) is 1. The third kappa shape index (κ3) is 3.71. The van der Waals surface area contributed by atoms with E-state index in [4.69, 9.17) is 4.74 Å². The van der Waals surface area contributed by atoms with Crippen LogP contribution in [0.5, 0.6) is 5.75 Å². The molecular weight excluding hydrogens is 236 g/mol. The lowest BCUT2D eigenvalue weighted by molar-refractivity contribution is 0.380. The summed E-state index contributed by atoms with van der Waals surface area (Å²) in [5.74, 6) is 1.06. The van der Waals surface area contributed by atoms with Crippen LogP contribution in [-0.2, 0) is 6.54 Å². The van der Waals surface area contributed by atoms with Crippen molar-refractivity contribution in [3.05, 3.63) is 29.8 Å². The van der Waals surface area contributed by atoms with Gasteiger partial charge in [-0.2, -0.15) is 5.26 Å². The molecule has 1 aromatic rings. The second kappa shape index (κ2) is 7.16. The van der Waals surface area contributed by atoms with Crippen LogP contribution in [0.25, 0.3) is 0 Å². The van der Waals surface area contributed by atoms with Crippen LogP contribution in [-0.4, -0.2) is 13.2 Å². The summed E-state index contributed by atoms with van der Waals surface area (Å²) in [5, 5.41) is 12.8. The summed E-state index contributed by atoms with van der Waals surface area (Å²) in [6, 6.07) is 10.8. The fourth-order valence-corrected chi connectivity index (χ4v) is 2.80. The molecule has 0 aromatic heterocycles. The van der Waals surface area contributed by atoms with E-state index in [-0.39, 0.29) is 5.92 Å². The van der Waals surface area contributed by atoms with Crippen molar-refractivity contribution in [2.24, 2.45) is 5.92 Å². The molecule has 2 unspecified atom stereocenters. The summed E-state index contributed by atoms with van der Waals surface area (Å²) in [6.45, 7) is 0.771. The first kappa shape index (κ1) is 13.9. The lowest BCUT2D eigenvalue weighted by atomic mass is 9.96. The number of benzene rings is 1. The summed E-state index contributed by atoms with van der Waals surface area (Å²) in [6.07, 6.45) is 5.80. The predicted molar refractivity (Wildman–Crippen MR) is 75.8 cm³/mol. The summed E-state index contributed by atoms with van der Waals surface area (Å²) < 4.78 is 5.36. The summed E-state index contributed by atoms with van der Waals surface area (Å²) in [4.78, 5) is 0. The standard InChI is InChI=1S/C16H22N2O/c1-19-16-10-6-5-8-14(16)12-18-15-9-4-2-3-7-13(15)11-17/h5-6,8,10,13,15,18H,2-4,7,9,12H2,1H3. The maximum Gasteiger partial charge on any atom is 0.123 e.